The van der Waals surface area contributed by atoms with Crippen LogP contribution in [0.1, 0.15) is 23.1 Å². The van der Waals surface area contributed by atoms with Gasteiger partial charge in [0.15, 0.2) is 15.3 Å². The van der Waals surface area contributed by atoms with Gasteiger partial charge in [0.05, 0.1) is 48.2 Å². The average Bonchev–Trinajstić information content (AvgIpc) is 3.23. The summed E-state index contributed by atoms with van der Waals surface area (Å²) in [5.74, 6) is -0.745. The molecule has 1 aliphatic rings. The van der Waals surface area contributed by atoms with Gasteiger partial charge in [0.1, 0.15) is 0 Å². The maximum atomic E-state index is 13.8. The van der Waals surface area contributed by atoms with Crippen LogP contribution < -0.4 is 0 Å². The minimum atomic E-state index is -3.89. The lowest BCUT2D eigenvalue weighted by Gasteiger charge is -2.27. The number of nitriles is 2. The van der Waals surface area contributed by atoms with Crippen LogP contribution in [-0.4, -0.2) is 26.4 Å². The highest BCUT2D eigenvalue weighted by atomic mass is 32.2. The van der Waals surface area contributed by atoms with E-state index in [2.05, 4.69) is 12.1 Å². The molecule has 0 N–H and O–H groups in total. The van der Waals surface area contributed by atoms with E-state index >= 15 is 0 Å². The molecule has 0 aliphatic heterocycles. The summed E-state index contributed by atoms with van der Waals surface area (Å²) in [5, 5.41) is 19.2. The van der Waals surface area contributed by atoms with Gasteiger partial charge in [-0.3, -0.25) is 0 Å². The number of hydrogen-bond acceptors (Lipinski definition) is 6. The van der Waals surface area contributed by atoms with Crippen molar-refractivity contribution in [3.05, 3.63) is 102 Å². The first-order valence-corrected chi connectivity index (χ1v) is 13.3. The van der Waals surface area contributed by atoms with Crippen molar-refractivity contribution in [2.75, 3.05) is 6.61 Å². The van der Waals surface area contributed by atoms with Crippen LogP contribution in [0, 0.1) is 40.9 Å². The fourth-order valence-electron chi connectivity index (χ4n) is 4.70. The monoisotopic (exact) mass is 500 g/mol. The van der Waals surface area contributed by atoms with Crippen molar-refractivity contribution in [1.29, 1.82) is 10.5 Å². The summed E-state index contributed by atoms with van der Waals surface area (Å²) in [5.41, 5.74) is 1.20. The lowest BCUT2D eigenvalue weighted by Crippen LogP contribution is -2.38. The summed E-state index contributed by atoms with van der Waals surface area (Å²) in [4.78, 5) is 0.155. The molecule has 6 nitrogen and oxygen atoms in total. The molecule has 1 aliphatic carbocycles. The fourth-order valence-corrected chi connectivity index (χ4v) is 6.67. The van der Waals surface area contributed by atoms with E-state index in [4.69, 9.17) is 9.47 Å². The van der Waals surface area contributed by atoms with Gasteiger partial charge in [0, 0.05) is 5.92 Å². The molecule has 0 radical (unpaired) electrons. The zero-order chi connectivity index (χ0) is 25.6. The summed E-state index contributed by atoms with van der Waals surface area (Å²) in [7, 11) is -3.89. The highest BCUT2D eigenvalue weighted by molar-refractivity contribution is 7.92. The highest BCUT2D eigenvalue weighted by Crippen LogP contribution is 2.48. The van der Waals surface area contributed by atoms with Crippen LogP contribution in [0.2, 0.25) is 0 Å². The molecule has 0 aromatic heterocycles. The van der Waals surface area contributed by atoms with E-state index in [1.807, 2.05) is 67.6 Å². The van der Waals surface area contributed by atoms with E-state index in [0.29, 0.717) is 0 Å². The lowest BCUT2D eigenvalue weighted by molar-refractivity contribution is -0.0304. The number of benzene rings is 3. The molecule has 0 unspecified atom stereocenters. The second-order valence-electron chi connectivity index (χ2n) is 9.16. The number of hydrogen-bond donors (Lipinski definition) is 0. The van der Waals surface area contributed by atoms with Crippen molar-refractivity contribution in [2.45, 2.75) is 42.8 Å². The van der Waals surface area contributed by atoms with E-state index in [-0.39, 0.29) is 31.1 Å². The minimum absolute atomic E-state index is 0.0232. The van der Waals surface area contributed by atoms with Crippen molar-refractivity contribution in [3.8, 4) is 12.1 Å². The van der Waals surface area contributed by atoms with E-state index in [0.717, 1.165) is 16.7 Å². The largest absolute Gasteiger partial charge is 0.376 e. The molecule has 1 saturated carbocycles. The molecule has 36 heavy (non-hydrogen) atoms. The second-order valence-corrected chi connectivity index (χ2v) is 11.3. The number of ether oxygens (including phenoxy) is 2. The normalized spacial score (nSPS) is 20.9. The molecule has 184 valence electrons. The molecular formula is C29H28N2O4S. The summed E-state index contributed by atoms with van der Waals surface area (Å²) in [6.07, 6.45) is -1.04. The molecule has 4 rings (SSSR count). The summed E-state index contributed by atoms with van der Waals surface area (Å²) in [6, 6.07) is 29.9. The van der Waals surface area contributed by atoms with Gasteiger partial charge in [-0.1, -0.05) is 78.4 Å². The zero-order valence-corrected chi connectivity index (χ0v) is 20.9. The summed E-state index contributed by atoms with van der Waals surface area (Å²) < 4.78 is 39.8. The quantitative estimate of drug-likeness (QED) is 0.410. The van der Waals surface area contributed by atoms with E-state index in [1.54, 1.807) is 24.3 Å². The third-order valence-electron chi connectivity index (χ3n) is 6.76. The third-order valence-corrected chi connectivity index (χ3v) is 8.92. The maximum absolute atomic E-state index is 13.8. The van der Waals surface area contributed by atoms with Crippen molar-refractivity contribution < 1.29 is 17.9 Å². The number of rotatable bonds is 9. The van der Waals surface area contributed by atoms with Crippen LogP contribution in [0.4, 0.5) is 0 Å². The molecule has 3 aromatic rings. The molecule has 0 saturated heterocycles. The lowest BCUT2D eigenvalue weighted by atomic mass is 9.80. The molecule has 0 amide bonds. The smallest absolute Gasteiger partial charge is 0.183 e. The molecular weight excluding hydrogens is 472 g/mol. The van der Waals surface area contributed by atoms with Gasteiger partial charge >= 0.3 is 0 Å². The standard InChI is InChI=1S/C29H28N2O4S/c1-22-12-14-25(15-13-22)36(32,33)27-16-29(20-30,21-31)26(19-34-17-23-8-4-2-5-9-23)28(27)35-18-24-10-6-3-7-11-24/h2-15,26-28H,16-19H2,1H3/t26-,27+,28+/m0/s1. The van der Waals surface area contributed by atoms with Crippen LogP contribution in [-0.2, 0) is 32.5 Å². The Morgan fingerprint density at radius 1 is 0.861 bits per heavy atom. The Morgan fingerprint density at radius 3 is 1.97 bits per heavy atom. The molecule has 0 heterocycles. The van der Waals surface area contributed by atoms with E-state index in [1.165, 1.54) is 0 Å². The second kappa shape index (κ2) is 11.1. The van der Waals surface area contributed by atoms with Crippen LogP contribution in [0.25, 0.3) is 0 Å². The van der Waals surface area contributed by atoms with Crippen molar-refractivity contribution >= 4 is 9.84 Å². The topological polar surface area (TPSA) is 100 Å². The van der Waals surface area contributed by atoms with Gasteiger partial charge in [-0.2, -0.15) is 10.5 Å². The molecule has 3 atom stereocenters. The van der Waals surface area contributed by atoms with Crippen LogP contribution in [0.15, 0.2) is 89.8 Å². The average molecular weight is 501 g/mol. The van der Waals surface area contributed by atoms with Crippen molar-refractivity contribution in [1.82, 2.24) is 0 Å². The van der Waals surface area contributed by atoms with E-state index in [9.17, 15) is 18.9 Å². The summed E-state index contributed by atoms with van der Waals surface area (Å²) >= 11 is 0. The molecule has 3 aromatic carbocycles. The Hall–Kier alpha value is -3.49. The van der Waals surface area contributed by atoms with Gasteiger partial charge in [-0.15, -0.1) is 0 Å². The molecule has 0 bridgehead atoms. The van der Waals surface area contributed by atoms with Gasteiger partial charge < -0.3 is 9.47 Å². The highest BCUT2D eigenvalue weighted by Gasteiger charge is 2.59. The van der Waals surface area contributed by atoms with Gasteiger partial charge in [0.25, 0.3) is 0 Å². The third kappa shape index (κ3) is 5.34. The predicted molar refractivity (Wildman–Crippen MR) is 135 cm³/mol. The minimum Gasteiger partial charge on any atom is -0.376 e. The van der Waals surface area contributed by atoms with Crippen LogP contribution in [0.5, 0.6) is 0 Å². The number of sulfone groups is 1. The number of nitrogens with zero attached hydrogens (tertiary/aromatic N) is 2. The SMILES string of the molecule is Cc1ccc(S(=O)(=O)[C@@H]2CC(C#N)(C#N)[C@@H](COCc3ccccc3)[C@H]2OCc2ccccc2)cc1. The first-order valence-electron chi connectivity index (χ1n) is 11.8. The fraction of sp³-hybridized carbons (Fsp3) is 0.310. The molecule has 1 fully saturated rings. The Labute approximate surface area is 212 Å². The zero-order valence-electron chi connectivity index (χ0n) is 20.1. The van der Waals surface area contributed by atoms with Gasteiger partial charge in [-0.25, -0.2) is 8.42 Å². The maximum Gasteiger partial charge on any atom is 0.183 e. The first-order chi connectivity index (χ1) is 17.4. The van der Waals surface area contributed by atoms with E-state index < -0.39 is 32.5 Å². The van der Waals surface area contributed by atoms with Crippen molar-refractivity contribution in [2.24, 2.45) is 11.3 Å². The Bertz CT molecular complexity index is 1330. The van der Waals surface area contributed by atoms with Crippen molar-refractivity contribution in [3.63, 3.8) is 0 Å². The van der Waals surface area contributed by atoms with Gasteiger partial charge in [0.2, 0.25) is 0 Å². The van der Waals surface area contributed by atoms with Gasteiger partial charge in [-0.05, 0) is 36.6 Å². The predicted octanol–water partition coefficient (Wildman–Crippen LogP) is 4.99. The Morgan fingerprint density at radius 2 is 1.42 bits per heavy atom. The molecule has 0 spiro atoms. The first kappa shape index (κ1) is 25.6. The summed E-state index contributed by atoms with van der Waals surface area (Å²) in [6.45, 7) is 2.35. The van der Waals surface area contributed by atoms with Crippen LogP contribution in [0.3, 0.4) is 0 Å². The molecule has 7 heteroatoms. The number of aryl methyl sites for hydroxylation is 1. The Balaban J connectivity index is 1.67. The Kier molecular flexibility index (Phi) is 7.86. The van der Waals surface area contributed by atoms with Crippen LogP contribution >= 0.6 is 0 Å².